The molecule has 0 aliphatic carbocycles. The van der Waals surface area contributed by atoms with Crippen molar-refractivity contribution in [3.05, 3.63) is 46.1 Å². The van der Waals surface area contributed by atoms with Crippen LogP contribution in [0.1, 0.15) is 16.7 Å². The zero-order valence-corrected chi connectivity index (χ0v) is 12.3. The van der Waals surface area contributed by atoms with Crippen molar-refractivity contribution in [2.75, 3.05) is 5.43 Å². The number of nitrogen functional groups attached to an aromatic ring is 1. The Morgan fingerprint density at radius 3 is 2.58 bits per heavy atom. The van der Waals surface area contributed by atoms with E-state index in [1.165, 1.54) is 16.7 Å². The average Bonchev–Trinajstić information content (AvgIpc) is 2.37. The third kappa shape index (κ3) is 3.83. The van der Waals surface area contributed by atoms with Crippen LogP contribution >= 0.6 is 23.4 Å². The SMILES string of the molecule is Cc1cc(C)cc(CSc2nc(NN)ncc2Cl)c1. The number of benzene rings is 1. The molecule has 0 saturated carbocycles. The lowest BCUT2D eigenvalue weighted by atomic mass is 10.1. The highest BCUT2D eigenvalue weighted by atomic mass is 35.5. The third-order valence-electron chi connectivity index (χ3n) is 2.50. The minimum Gasteiger partial charge on any atom is -0.292 e. The van der Waals surface area contributed by atoms with Gasteiger partial charge >= 0.3 is 0 Å². The van der Waals surface area contributed by atoms with E-state index in [2.05, 4.69) is 47.4 Å². The predicted molar refractivity (Wildman–Crippen MR) is 80.3 cm³/mol. The molecule has 0 aliphatic heterocycles. The summed E-state index contributed by atoms with van der Waals surface area (Å²) in [6.45, 7) is 4.19. The number of hydrogen-bond donors (Lipinski definition) is 2. The van der Waals surface area contributed by atoms with Crippen molar-refractivity contribution in [1.29, 1.82) is 0 Å². The van der Waals surface area contributed by atoms with Crippen molar-refractivity contribution in [2.45, 2.75) is 24.6 Å². The largest absolute Gasteiger partial charge is 0.292 e. The highest BCUT2D eigenvalue weighted by Gasteiger charge is 2.06. The number of aromatic nitrogens is 2. The maximum absolute atomic E-state index is 6.07. The highest BCUT2D eigenvalue weighted by Crippen LogP contribution is 2.28. The molecule has 0 amide bonds. The van der Waals surface area contributed by atoms with Crippen LogP contribution in [-0.2, 0) is 5.75 Å². The van der Waals surface area contributed by atoms with Crippen LogP contribution in [0.2, 0.25) is 5.02 Å². The first kappa shape index (κ1) is 14.1. The first-order valence-corrected chi connectivity index (χ1v) is 7.14. The standard InChI is InChI=1S/C13H15ClN4S/c1-8-3-9(2)5-10(4-8)7-19-12-11(14)6-16-13(17-12)18-15/h3-6H,7,15H2,1-2H3,(H,16,17,18). The smallest absolute Gasteiger partial charge is 0.238 e. The summed E-state index contributed by atoms with van der Waals surface area (Å²) < 4.78 is 0. The fraction of sp³-hybridized carbons (Fsp3) is 0.231. The lowest BCUT2D eigenvalue weighted by Crippen LogP contribution is -2.10. The molecule has 6 heteroatoms. The Bertz CT molecular complexity index is 569. The normalized spacial score (nSPS) is 10.5. The molecule has 100 valence electrons. The number of aryl methyl sites for hydroxylation is 2. The van der Waals surface area contributed by atoms with Gasteiger partial charge in [-0.05, 0) is 19.4 Å². The second-order valence-corrected chi connectivity index (χ2v) is 5.65. The summed E-state index contributed by atoms with van der Waals surface area (Å²) in [5.74, 6) is 6.47. The highest BCUT2D eigenvalue weighted by molar-refractivity contribution is 7.98. The van der Waals surface area contributed by atoms with E-state index in [-0.39, 0.29) is 0 Å². The zero-order chi connectivity index (χ0) is 13.8. The monoisotopic (exact) mass is 294 g/mol. The van der Waals surface area contributed by atoms with Crippen LogP contribution in [0.4, 0.5) is 5.95 Å². The van der Waals surface area contributed by atoms with Crippen LogP contribution in [0, 0.1) is 13.8 Å². The number of nitrogens with zero attached hydrogens (tertiary/aromatic N) is 2. The lowest BCUT2D eigenvalue weighted by Gasteiger charge is -2.07. The van der Waals surface area contributed by atoms with E-state index in [9.17, 15) is 0 Å². The molecule has 3 N–H and O–H groups in total. The summed E-state index contributed by atoms with van der Waals surface area (Å²) in [6, 6.07) is 6.48. The number of thioether (sulfide) groups is 1. The minimum absolute atomic E-state index is 0.368. The van der Waals surface area contributed by atoms with Gasteiger partial charge in [-0.1, -0.05) is 52.7 Å². The fourth-order valence-corrected chi connectivity index (χ4v) is 2.89. The van der Waals surface area contributed by atoms with E-state index in [4.69, 9.17) is 17.4 Å². The van der Waals surface area contributed by atoms with Gasteiger partial charge in [-0.15, -0.1) is 0 Å². The number of nitrogens with one attached hydrogen (secondary N) is 1. The molecule has 2 rings (SSSR count). The van der Waals surface area contributed by atoms with Gasteiger partial charge < -0.3 is 0 Å². The number of anilines is 1. The molecule has 4 nitrogen and oxygen atoms in total. The molecular formula is C13H15ClN4S. The zero-order valence-electron chi connectivity index (χ0n) is 10.8. The maximum Gasteiger partial charge on any atom is 0.238 e. The number of halogens is 1. The van der Waals surface area contributed by atoms with Gasteiger partial charge in [0.15, 0.2) is 0 Å². The summed E-state index contributed by atoms with van der Waals surface area (Å²) in [4.78, 5) is 8.18. The number of hydrogen-bond acceptors (Lipinski definition) is 5. The quantitative estimate of drug-likeness (QED) is 0.392. The minimum atomic E-state index is 0.368. The molecule has 1 aromatic heterocycles. The molecular weight excluding hydrogens is 280 g/mol. The second kappa shape index (κ2) is 6.23. The number of rotatable bonds is 4. The van der Waals surface area contributed by atoms with Crippen molar-refractivity contribution in [2.24, 2.45) is 5.84 Å². The molecule has 0 fully saturated rings. The molecule has 0 saturated heterocycles. The fourth-order valence-electron chi connectivity index (χ4n) is 1.83. The van der Waals surface area contributed by atoms with Gasteiger partial charge in [-0.3, -0.25) is 5.43 Å². The summed E-state index contributed by atoms with van der Waals surface area (Å²) in [5.41, 5.74) is 6.18. The second-order valence-electron chi connectivity index (χ2n) is 4.28. The molecule has 0 spiro atoms. The summed E-state index contributed by atoms with van der Waals surface area (Å²) in [5, 5.41) is 1.26. The van der Waals surface area contributed by atoms with Crippen molar-refractivity contribution >= 4 is 29.3 Å². The third-order valence-corrected chi connectivity index (χ3v) is 3.95. The van der Waals surface area contributed by atoms with Crippen LogP contribution in [0.5, 0.6) is 0 Å². The molecule has 0 atom stereocenters. The number of nitrogens with two attached hydrogens (primary N) is 1. The summed E-state index contributed by atoms with van der Waals surface area (Å²) >= 11 is 7.64. The van der Waals surface area contributed by atoms with E-state index in [0.717, 1.165) is 10.8 Å². The van der Waals surface area contributed by atoms with Crippen LogP contribution < -0.4 is 11.3 Å². The van der Waals surface area contributed by atoms with Crippen LogP contribution in [-0.4, -0.2) is 9.97 Å². The Morgan fingerprint density at radius 1 is 1.26 bits per heavy atom. The van der Waals surface area contributed by atoms with Gasteiger partial charge in [-0.25, -0.2) is 15.8 Å². The summed E-state index contributed by atoms with van der Waals surface area (Å²) in [7, 11) is 0. The van der Waals surface area contributed by atoms with Gasteiger partial charge in [0.25, 0.3) is 0 Å². The predicted octanol–water partition coefficient (Wildman–Crippen LogP) is 3.32. The van der Waals surface area contributed by atoms with Gasteiger partial charge in [0.05, 0.1) is 11.2 Å². The van der Waals surface area contributed by atoms with E-state index in [1.807, 2.05) is 0 Å². The van der Waals surface area contributed by atoms with Gasteiger partial charge in [-0.2, -0.15) is 0 Å². The summed E-state index contributed by atoms with van der Waals surface area (Å²) in [6.07, 6.45) is 1.55. The maximum atomic E-state index is 6.07. The lowest BCUT2D eigenvalue weighted by molar-refractivity contribution is 1.03. The molecule has 1 heterocycles. The van der Waals surface area contributed by atoms with E-state index in [0.29, 0.717) is 11.0 Å². The Balaban J connectivity index is 2.13. The van der Waals surface area contributed by atoms with Crippen molar-refractivity contribution < 1.29 is 0 Å². The van der Waals surface area contributed by atoms with E-state index < -0.39 is 0 Å². The van der Waals surface area contributed by atoms with Crippen LogP contribution in [0.25, 0.3) is 0 Å². The van der Waals surface area contributed by atoms with Crippen LogP contribution in [0.15, 0.2) is 29.4 Å². The molecule has 0 bridgehead atoms. The Labute approximate surface area is 121 Å². The van der Waals surface area contributed by atoms with Crippen molar-refractivity contribution in [3.8, 4) is 0 Å². The molecule has 2 aromatic rings. The molecule has 0 radical (unpaired) electrons. The average molecular weight is 295 g/mol. The van der Waals surface area contributed by atoms with Gasteiger partial charge in [0, 0.05) is 5.75 Å². The number of hydrazine groups is 1. The molecule has 0 aliphatic rings. The Hall–Kier alpha value is -1.30. The topological polar surface area (TPSA) is 63.8 Å². The van der Waals surface area contributed by atoms with Gasteiger partial charge in [0.1, 0.15) is 5.03 Å². The molecule has 19 heavy (non-hydrogen) atoms. The van der Waals surface area contributed by atoms with Crippen LogP contribution in [0.3, 0.4) is 0 Å². The Morgan fingerprint density at radius 2 is 1.95 bits per heavy atom. The first-order chi connectivity index (χ1) is 9.08. The van der Waals surface area contributed by atoms with Gasteiger partial charge in [0.2, 0.25) is 5.95 Å². The molecule has 1 aromatic carbocycles. The molecule has 0 unspecified atom stereocenters. The van der Waals surface area contributed by atoms with Crippen molar-refractivity contribution in [3.63, 3.8) is 0 Å². The van der Waals surface area contributed by atoms with E-state index >= 15 is 0 Å². The van der Waals surface area contributed by atoms with Crippen molar-refractivity contribution in [1.82, 2.24) is 9.97 Å². The Kier molecular flexibility index (Phi) is 4.63. The van der Waals surface area contributed by atoms with E-state index in [1.54, 1.807) is 18.0 Å². The first-order valence-electron chi connectivity index (χ1n) is 5.77.